The van der Waals surface area contributed by atoms with Gasteiger partial charge in [-0.3, -0.25) is 0 Å². The van der Waals surface area contributed by atoms with E-state index in [-0.39, 0.29) is 5.92 Å². The molecule has 2 rings (SSSR count). The van der Waals surface area contributed by atoms with E-state index in [0.717, 1.165) is 17.5 Å². The highest BCUT2D eigenvalue weighted by atomic mass is 32.1. The zero-order valence-corrected chi connectivity index (χ0v) is 7.10. The number of hydrogen-bond acceptors (Lipinski definition) is 2. The van der Waals surface area contributed by atoms with Crippen LogP contribution in [0.5, 0.6) is 0 Å². The topological polar surface area (TPSA) is 29.1 Å². The number of fused-ring (bicyclic) bond motifs is 1. The summed E-state index contributed by atoms with van der Waals surface area (Å²) in [6.07, 6.45) is 0.876. The maximum Gasteiger partial charge on any atom is 0.134 e. The SMILES string of the molecule is O=CC1C(=S)Nc2ccccc21. The minimum Gasteiger partial charge on any atom is -0.349 e. The number of carbonyl (C=O) groups is 1. The first-order valence-corrected chi connectivity index (χ1v) is 4.09. The molecule has 1 atom stereocenters. The summed E-state index contributed by atoms with van der Waals surface area (Å²) in [5.74, 6) is -0.240. The number of aldehydes is 1. The normalized spacial score (nSPS) is 20.0. The van der Waals surface area contributed by atoms with Gasteiger partial charge in [0.1, 0.15) is 6.29 Å². The Hall–Kier alpha value is -1.22. The number of rotatable bonds is 1. The number of anilines is 1. The second-order valence-electron chi connectivity index (χ2n) is 2.69. The predicted molar refractivity (Wildman–Crippen MR) is 51.5 cm³/mol. The Morgan fingerprint density at radius 3 is 2.92 bits per heavy atom. The maximum atomic E-state index is 10.7. The Morgan fingerprint density at radius 1 is 1.42 bits per heavy atom. The van der Waals surface area contributed by atoms with Gasteiger partial charge in [0, 0.05) is 5.69 Å². The van der Waals surface area contributed by atoms with Crippen LogP contribution < -0.4 is 5.32 Å². The van der Waals surface area contributed by atoms with Crippen molar-refractivity contribution < 1.29 is 4.79 Å². The van der Waals surface area contributed by atoms with Crippen molar-refractivity contribution in [3.63, 3.8) is 0 Å². The third-order valence-corrected chi connectivity index (χ3v) is 2.33. The molecule has 12 heavy (non-hydrogen) atoms. The van der Waals surface area contributed by atoms with Gasteiger partial charge in [-0.05, 0) is 11.6 Å². The first-order valence-electron chi connectivity index (χ1n) is 3.68. The zero-order valence-electron chi connectivity index (χ0n) is 6.28. The molecule has 0 bridgehead atoms. The van der Waals surface area contributed by atoms with Crippen molar-refractivity contribution in [2.45, 2.75) is 5.92 Å². The molecule has 1 unspecified atom stereocenters. The molecule has 0 spiro atoms. The van der Waals surface area contributed by atoms with E-state index in [4.69, 9.17) is 12.2 Å². The van der Waals surface area contributed by atoms with E-state index < -0.39 is 0 Å². The highest BCUT2D eigenvalue weighted by Gasteiger charge is 2.25. The largest absolute Gasteiger partial charge is 0.349 e. The van der Waals surface area contributed by atoms with Gasteiger partial charge in [0.2, 0.25) is 0 Å². The second-order valence-corrected chi connectivity index (χ2v) is 3.13. The lowest BCUT2D eigenvalue weighted by Crippen LogP contribution is -2.09. The summed E-state index contributed by atoms with van der Waals surface area (Å²) in [5.41, 5.74) is 1.94. The van der Waals surface area contributed by atoms with Crippen LogP contribution >= 0.6 is 12.2 Å². The second kappa shape index (κ2) is 2.68. The molecule has 0 amide bonds. The van der Waals surface area contributed by atoms with Gasteiger partial charge >= 0.3 is 0 Å². The molecule has 1 aromatic rings. The van der Waals surface area contributed by atoms with Gasteiger partial charge < -0.3 is 10.1 Å². The van der Waals surface area contributed by atoms with Crippen LogP contribution in [0.15, 0.2) is 24.3 Å². The number of benzene rings is 1. The molecule has 60 valence electrons. The molecule has 0 saturated carbocycles. The van der Waals surface area contributed by atoms with Crippen LogP contribution in [0.1, 0.15) is 11.5 Å². The molecule has 0 saturated heterocycles. The summed E-state index contributed by atoms with van der Waals surface area (Å²) in [5, 5.41) is 3.00. The quantitative estimate of drug-likeness (QED) is 0.523. The highest BCUT2D eigenvalue weighted by Crippen LogP contribution is 2.31. The lowest BCUT2D eigenvalue weighted by Gasteiger charge is -1.98. The molecule has 1 aliphatic heterocycles. The van der Waals surface area contributed by atoms with E-state index in [9.17, 15) is 4.79 Å². The molecule has 1 N–H and O–H groups in total. The van der Waals surface area contributed by atoms with Crippen molar-refractivity contribution in [3.05, 3.63) is 29.8 Å². The minimum absolute atomic E-state index is 0.240. The zero-order chi connectivity index (χ0) is 8.55. The van der Waals surface area contributed by atoms with Crippen molar-refractivity contribution in [3.8, 4) is 0 Å². The maximum absolute atomic E-state index is 10.7. The van der Waals surface area contributed by atoms with Gasteiger partial charge in [0.15, 0.2) is 0 Å². The van der Waals surface area contributed by atoms with Crippen LogP contribution in [0.2, 0.25) is 0 Å². The Labute approximate surface area is 75.6 Å². The van der Waals surface area contributed by atoms with E-state index in [1.165, 1.54) is 0 Å². The Morgan fingerprint density at radius 2 is 2.17 bits per heavy atom. The fourth-order valence-corrected chi connectivity index (χ4v) is 1.66. The minimum atomic E-state index is -0.240. The van der Waals surface area contributed by atoms with Gasteiger partial charge in [-0.15, -0.1) is 0 Å². The van der Waals surface area contributed by atoms with Crippen molar-refractivity contribution in [2.75, 3.05) is 5.32 Å². The molecule has 0 radical (unpaired) electrons. The molecular weight excluding hydrogens is 170 g/mol. The summed E-state index contributed by atoms with van der Waals surface area (Å²) in [4.78, 5) is 11.3. The van der Waals surface area contributed by atoms with E-state index >= 15 is 0 Å². The molecule has 1 aromatic carbocycles. The number of carbonyl (C=O) groups excluding carboxylic acids is 1. The molecule has 2 nitrogen and oxygen atoms in total. The van der Waals surface area contributed by atoms with E-state index in [1.807, 2.05) is 24.3 Å². The average Bonchev–Trinajstić information content (AvgIpc) is 2.40. The fraction of sp³-hybridized carbons (Fsp3) is 0.111. The van der Waals surface area contributed by atoms with E-state index in [1.54, 1.807) is 0 Å². The number of hydrogen-bond donors (Lipinski definition) is 1. The summed E-state index contributed by atoms with van der Waals surface area (Å²) >= 11 is 5.00. The van der Waals surface area contributed by atoms with E-state index in [2.05, 4.69) is 5.32 Å². The van der Waals surface area contributed by atoms with Crippen molar-refractivity contribution in [1.29, 1.82) is 0 Å². The van der Waals surface area contributed by atoms with Crippen LogP contribution in [-0.4, -0.2) is 11.3 Å². The lowest BCUT2D eigenvalue weighted by atomic mass is 10.0. The number of thiocarbonyl (C=S) groups is 1. The Kier molecular flexibility index (Phi) is 1.66. The van der Waals surface area contributed by atoms with E-state index in [0.29, 0.717) is 4.99 Å². The summed E-state index contributed by atoms with van der Waals surface area (Å²) in [6, 6.07) is 7.67. The molecule has 3 heteroatoms. The third-order valence-electron chi connectivity index (χ3n) is 1.97. The smallest absolute Gasteiger partial charge is 0.134 e. The van der Waals surface area contributed by atoms with Crippen LogP contribution in [0, 0.1) is 0 Å². The Balaban J connectivity index is 2.54. The van der Waals surface area contributed by atoms with Crippen LogP contribution in [0.3, 0.4) is 0 Å². The monoisotopic (exact) mass is 177 g/mol. The molecule has 1 heterocycles. The molecule has 0 aromatic heterocycles. The van der Waals surface area contributed by atoms with Gasteiger partial charge in [-0.1, -0.05) is 30.4 Å². The third kappa shape index (κ3) is 0.940. The van der Waals surface area contributed by atoms with Crippen molar-refractivity contribution >= 4 is 29.2 Å². The lowest BCUT2D eigenvalue weighted by molar-refractivity contribution is -0.107. The standard InChI is InChI=1S/C9H7NOS/c11-5-7-6-3-1-2-4-8(6)10-9(7)12/h1-5,7H,(H,10,12). The molecule has 1 aliphatic rings. The van der Waals surface area contributed by atoms with Crippen molar-refractivity contribution in [1.82, 2.24) is 0 Å². The van der Waals surface area contributed by atoms with Crippen LogP contribution in [-0.2, 0) is 4.79 Å². The first-order chi connectivity index (χ1) is 5.83. The van der Waals surface area contributed by atoms with Gasteiger partial charge in [-0.25, -0.2) is 0 Å². The number of para-hydroxylation sites is 1. The summed E-state index contributed by atoms with van der Waals surface area (Å²) in [7, 11) is 0. The predicted octanol–water partition coefficient (Wildman–Crippen LogP) is 1.72. The van der Waals surface area contributed by atoms with Gasteiger partial charge in [-0.2, -0.15) is 0 Å². The van der Waals surface area contributed by atoms with Gasteiger partial charge in [0.05, 0.1) is 10.9 Å². The first kappa shape index (κ1) is 7.43. The van der Waals surface area contributed by atoms with Crippen LogP contribution in [0.4, 0.5) is 5.69 Å². The number of nitrogens with one attached hydrogen (secondary N) is 1. The highest BCUT2D eigenvalue weighted by molar-refractivity contribution is 7.80. The Bertz CT molecular complexity index is 348. The summed E-state index contributed by atoms with van der Waals surface area (Å²) in [6.45, 7) is 0. The van der Waals surface area contributed by atoms with Crippen LogP contribution in [0.25, 0.3) is 0 Å². The average molecular weight is 177 g/mol. The molecule has 0 aliphatic carbocycles. The fourth-order valence-electron chi connectivity index (χ4n) is 1.37. The van der Waals surface area contributed by atoms with Gasteiger partial charge in [0.25, 0.3) is 0 Å². The molecule has 0 fully saturated rings. The van der Waals surface area contributed by atoms with Crippen molar-refractivity contribution in [2.24, 2.45) is 0 Å². The molecular formula is C9H7NOS. The summed E-state index contributed by atoms with van der Waals surface area (Å²) < 4.78 is 0.